The maximum atomic E-state index is 12.5. The van der Waals surface area contributed by atoms with Gasteiger partial charge in [-0.15, -0.1) is 5.10 Å². The van der Waals surface area contributed by atoms with Crippen LogP contribution < -0.4 is 10.6 Å². The van der Waals surface area contributed by atoms with Crippen molar-refractivity contribution >= 4 is 44.3 Å². The maximum absolute atomic E-state index is 12.5. The van der Waals surface area contributed by atoms with Crippen molar-refractivity contribution in [3.63, 3.8) is 0 Å². The number of carbonyl (C=O) groups is 1. The van der Waals surface area contributed by atoms with Gasteiger partial charge in [0.25, 0.3) is 0 Å². The summed E-state index contributed by atoms with van der Waals surface area (Å²) in [5.74, 6) is 1.05. The Hall–Kier alpha value is -3.01. The summed E-state index contributed by atoms with van der Waals surface area (Å²) in [6.45, 7) is 2.69. The Kier molecular flexibility index (Phi) is 4.65. The number of amides is 1. The molecular formula is C20H21BrN8O. The number of nitrogens with zero attached hydrogens (tertiary/aromatic N) is 6. The lowest BCUT2D eigenvalue weighted by atomic mass is 10.1. The zero-order valence-electron chi connectivity index (χ0n) is 16.7. The molecule has 0 spiro atoms. The molecule has 10 heteroatoms. The molecule has 4 heterocycles. The average molecular weight is 469 g/mol. The van der Waals surface area contributed by atoms with Crippen molar-refractivity contribution in [1.29, 1.82) is 0 Å². The van der Waals surface area contributed by atoms with E-state index in [2.05, 4.69) is 31.7 Å². The molecule has 154 valence electrons. The van der Waals surface area contributed by atoms with Gasteiger partial charge in [-0.3, -0.25) is 9.48 Å². The number of hydrogen-bond acceptors (Lipinski definition) is 6. The van der Waals surface area contributed by atoms with Gasteiger partial charge in [-0.1, -0.05) is 6.07 Å². The Morgan fingerprint density at radius 1 is 1.27 bits per heavy atom. The Balaban J connectivity index is 1.71. The molecule has 0 unspecified atom stereocenters. The minimum atomic E-state index is -0.365. The molecule has 1 saturated heterocycles. The SMILES string of the molecule is Cc1c(-c2nc3c4cccc(Br)c4nc(N[C@@H]4CCCCNC4=O)n3n2)cnn1C. The number of halogens is 1. The van der Waals surface area contributed by atoms with Crippen LogP contribution in [-0.4, -0.2) is 47.9 Å². The van der Waals surface area contributed by atoms with Crippen molar-refractivity contribution in [2.24, 2.45) is 7.05 Å². The quantitative estimate of drug-likeness (QED) is 0.479. The Labute approximate surface area is 181 Å². The second-order valence-corrected chi connectivity index (χ2v) is 8.35. The van der Waals surface area contributed by atoms with Crippen LogP contribution in [0.1, 0.15) is 25.0 Å². The Bertz CT molecular complexity index is 1280. The van der Waals surface area contributed by atoms with Gasteiger partial charge in [0.1, 0.15) is 6.04 Å². The molecule has 1 aromatic carbocycles. The third kappa shape index (κ3) is 3.11. The van der Waals surface area contributed by atoms with Gasteiger partial charge in [0, 0.05) is 29.1 Å². The average Bonchev–Trinajstić information content (AvgIpc) is 3.25. The maximum Gasteiger partial charge on any atom is 0.242 e. The van der Waals surface area contributed by atoms with Crippen LogP contribution >= 0.6 is 15.9 Å². The van der Waals surface area contributed by atoms with Crippen molar-refractivity contribution in [3.8, 4) is 11.4 Å². The first-order valence-electron chi connectivity index (χ1n) is 9.91. The first-order chi connectivity index (χ1) is 14.5. The molecule has 9 nitrogen and oxygen atoms in total. The number of aromatic nitrogens is 6. The molecule has 3 aromatic heterocycles. The molecule has 1 fully saturated rings. The third-order valence-electron chi connectivity index (χ3n) is 5.57. The Morgan fingerprint density at radius 3 is 2.93 bits per heavy atom. The number of fused-ring (bicyclic) bond motifs is 3. The zero-order chi connectivity index (χ0) is 20.8. The number of benzene rings is 1. The lowest BCUT2D eigenvalue weighted by Gasteiger charge is -2.17. The minimum absolute atomic E-state index is 0.0156. The number of aryl methyl sites for hydroxylation is 1. The highest BCUT2D eigenvalue weighted by Gasteiger charge is 2.24. The molecule has 0 radical (unpaired) electrons. The van der Waals surface area contributed by atoms with Crippen molar-refractivity contribution < 1.29 is 4.79 Å². The predicted octanol–water partition coefficient (Wildman–Crippen LogP) is 2.83. The highest BCUT2D eigenvalue weighted by Crippen LogP contribution is 2.29. The van der Waals surface area contributed by atoms with Crippen molar-refractivity contribution in [3.05, 3.63) is 34.6 Å². The molecule has 2 N–H and O–H groups in total. The molecule has 4 aromatic rings. The van der Waals surface area contributed by atoms with Gasteiger partial charge in [0.05, 0.1) is 17.3 Å². The van der Waals surface area contributed by atoms with E-state index in [-0.39, 0.29) is 11.9 Å². The van der Waals surface area contributed by atoms with Gasteiger partial charge >= 0.3 is 0 Å². The standard InChI is InChI=1S/C20H21BrN8O/c1-11-13(10-23-28(11)2)17-26-18-12-6-5-7-14(21)16(12)25-20(29(18)27-17)24-15-8-3-4-9-22-19(15)30/h5-7,10,15H,3-4,8-9H2,1-2H3,(H,22,30)(H,24,25)/t15-/m1/s1. The number of carbonyl (C=O) groups excluding carboxylic acids is 1. The van der Waals surface area contributed by atoms with E-state index in [9.17, 15) is 4.79 Å². The molecule has 1 atom stereocenters. The summed E-state index contributed by atoms with van der Waals surface area (Å²) in [5, 5.41) is 16.2. The number of rotatable bonds is 3. The number of hydrogen-bond donors (Lipinski definition) is 2. The van der Waals surface area contributed by atoms with Gasteiger partial charge in [0.15, 0.2) is 11.5 Å². The smallest absolute Gasteiger partial charge is 0.242 e. The molecule has 30 heavy (non-hydrogen) atoms. The summed E-state index contributed by atoms with van der Waals surface area (Å²) >= 11 is 3.59. The number of anilines is 1. The fourth-order valence-electron chi connectivity index (χ4n) is 3.76. The number of nitrogens with one attached hydrogen (secondary N) is 2. The summed E-state index contributed by atoms with van der Waals surface area (Å²) in [6.07, 6.45) is 4.45. The largest absolute Gasteiger partial charge is 0.354 e. The van der Waals surface area contributed by atoms with Crippen molar-refractivity contribution in [2.75, 3.05) is 11.9 Å². The van der Waals surface area contributed by atoms with Gasteiger partial charge in [0.2, 0.25) is 11.9 Å². The van der Waals surface area contributed by atoms with Crippen LogP contribution in [0.15, 0.2) is 28.9 Å². The minimum Gasteiger partial charge on any atom is -0.354 e. The molecule has 0 bridgehead atoms. The van der Waals surface area contributed by atoms with E-state index in [1.54, 1.807) is 15.4 Å². The lowest BCUT2D eigenvalue weighted by Crippen LogP contribution is -2.38. The second kappa shape index (κ2) is 7.35. The lowest BCUT2D eigenvalue weighted by molar-refractivity contribution is -0.121. The molecule has 5 rings (SSSR count). The van der Waals surface area contributed by atoms with Crippen LogP contribution in [0.4, 0.5) is 5.95 Å². The Morgan fingerprint density at radius 2 is 2.13 bits per heavy atom. The van der Waals surface area contributed by atoms with Gasteiger partial charge < -0.3 is 10.6 Å². The van der Waals surface area contributed by atoms with E-state index in [1.165, 1.54) is 0 Å². The first-order valence-corrected chi connectivity index (χ1v) is 10.7. The van der Waals surface area contributed by atoms with Crippen LogP contribution in [0.25, 0.3) is 27.9 Å². The predicted molar refractivity (Wildman–Crippen MR) is 117 cm³/mol. The fourth-order valence-corrected chi connectivity index (χ4v) is 4.21. The van der Waals surface area contributed by atoms with Crippen LogP contribution in [0.2, 0.25) is 0 Å². The fraction of sp³-hybridized carbons (Fsp3) is 0.350. The summed E-state index contributed by atoms with van der Waals surface area (Å²) in [5.41, 5.74) is 3.28. The van der Waals surface area contributed by atoms with Crippen LogP contribution in [0, 0.1) is 6.92 Å². The van der Waals surface area contributed by atoms with Crippen molar-refractivity contribution in [1.82, 2.24) is 34.7 Å². The molecule has 1 aliphatic heterocycles. The van der Waals surface area contributed by atoms with Gasteiger partial charge in [-0.25, -0.2) is 9.97 Å². The summed E-state index contributed by atoms with van der Waals surface area (Å²) in [7, 11) is 1.89. The van der Waals surface area contributed by atoms with E-state index in [0.29, 0.717) is 24.0 Å². The second-order valence-electron chi connectivity index (χ2n) is 7.49. The van der Waals surface area contributed by atoms with Gasteiger partial charge in [-0.05, 0) is 54.2 Å². The molecular weight excluding hydrogens is 448 g/mol. The normalized spacial score (nSPS) is 17.3. The molecule has 0 saturated carbocycles. The van der Waals surface area contributed by atoms with E-state index >= 15 is 0 Å². The zero-order valence-corrected chi connectivity index (χ0v) is 18.3. The highest BCUT2D eigenvalue weighted by molar-refractivity contribution is 9.10. The van der Waals surface area contributed by atoms with E-state index in [0.717, 1.165) is 45.9 Å². The highest BCUT2D eigenvalue weighted by atomic mass is 79.9. The molecule has 0 aliphatic carbocycles. The van der Waals surface area contributed by atoms with Crippen LogP contribution in [0.5, 0.6) is 0 Å². The van der Waals surface area contributed by atoms with Crippen LogP contribution in [-0.2, 0) is 11.8 Å². The first kappa shape index (κ1) is 19.0. The van der Waals surface area contributed by atoms with Crippen molar-refractivity contribution in [2.45, 2.75) is 32.2 Å². The topological polar surface area (TPSA) is 102 Å². The molecule has 1 amide bonds. The van der Waals surface area contributed by atoms with E-state index in [1.807, 2.05) is 32.2 Å². The number of para-hydroxylation sites is 1. The summed E-state index contributed by atoms with van der Waals surface area (Å²) in [4.78, 5) is 22.1. The van der Waals surface area contributed by atoms with Crippen LogP contribution in [0.3, 0.4) is 0 Å². The van der Waals surface area contributed by atoms with E-state index < -0.39 is 0 Å². The monoisotopic (exact) mass is 468 g/mol. The van der Waals surface area contributed by atoms with E-state index in [4.69, 9.17) is 15.1 Å². The van der Waals surface area contributed by atoms with Gasteiger partial charge in [-0.2, -0.15) is 9.61 Å². The third-order valence-corrected chi connectivity index (χ3v) is 6.21. The summed E-state index contributed by atoms with van der Waals surface area (Å²) in [6, 6.07) is 5.50. The molecule has 1 aliphatic rings. The summed E-state index contributed by atoms with van der Waals surface area (Å²) < 4.78 is 4.34.